The number of piperazine rings is 1. The highest BCUT2D eigenvalue weighted by molar-refractivity contribution is 6.30. The molecular formula is C15H19ClN2O4. The lowest BCUT2D eigenvalue weighted by molar-refractivity contribution is -0.142. The van der Waals surface area contributed by atoms with E-state index in [1.54, 1.807) is 34.1 Å². The maximum absolute atomic E-state index is 12.1. The summed E-state index contributed by atoms with van der Waals surface area (Å²) in [7, 11) is 1.49. The van der Waals surface area contributed by atoms with Crippen molar-refractivity contribution in [1.29, 1.82) is 0 Å². The Morgan fingerprint density at radius 1 is 1.00 bits per heavy atom. The van der Waals surface area contributed by atoms with Crippen molar-refractivity contribution in [1.82, 2.24) is 9.80 Å². The minimum absolute atomic E-state index is 0.0202. The van der Waals surface area contributed by atoms with E-state index in [4.69, 9.17) is 21.1 Å². The van der Waals surface area contributed by atoms with E-state index in [0.29, 0.717) is 37.0 Å². The van der Waals surface area contributed by atoms with Gasteiger partial charge in [0, 0.05) is 38.3 Å². The van der Waals surface area contributed by atoms with Gasteiger partial charge in [-0.15, -0.1) is 0 Å². The lowest BCUT2D eigenvalue weighted by Gasteiger charge is -2.34. The molecule has 7 heteroatoms. The van der Waals surface area contributed by atoms with Gasteiger partial charge in [0.05, 0.1) is 0 Å². The van der Waals surface area contributed by atoms with Gasteiger partial charge in [-0.25, -0.2) is 0 Å². The standard InChI is InChI=1S/C15H19ClN2O4/c1-21-10-14(19)17-6-8-18(9-7-17)15(20)11-22-13-4-2-12(16)3-5-13/h2-5H,6-11H2,1H3. The zero-order chi connectivity index (χ0) is 15.9. The fourth-order valence-electron chi connectivity index (χ4n) is 2.19. The van der Waals surface area contributed by atoms with Crippen molar-refractivity contribution in [3.8, 4) is 5.75 Å². The molecule has 120 valence electrons. The lowest BCUT2D eigenvalue weighted by atomic mass is 10.3. The second-order valence-corrected chi connectivity index (χ2v) is 5.37. The van der Waals surface area contributed by atoms with E-state index in [-0.39, 0.29) is 25.0 Å². The summed E-state index contributed by atoms with van der Waals surface area (Å²) in [5.74, 6) is 0.465. The van der Waals surface area contributed by atoms with Crippen LogP contribution < -0.4 is 4.74 Å². The summed E-state index contributed by atoms with van der Waals surface area (Å²) in [6.07, 6.45) is 0. The van der Waals surface area contributed by atoms with Crippen molar-refractivity contribution in [2.24, 2.45) is 0 Å². The highest BCUT2D eigenvalue weighted by Crippen LogP contribution is 2.15. The van der Waals surface area contributed by atoms with Crippen LogP contribution >= 0.6 is 11.6 Å². The van der Waals surface area contributed by atoms with E-state index in [1.165, 1.54) is 7.11 Å². The summed E-state index contributed by atoms with van der Waals surface area (Å²) in [5, 5.41) is 0.621. The van der Waals surface area contributed by atoms with Crippen LogP contribution in [0.1, 0.15) is 0 Å². The molecule has 0 saturated carbocycles. The van der Waals surface area contributed by atoms with Gasteiger partial charge in [-0.05, 0) is 24.3 Å². The Morgan fingerprint density at radius 2 is 1.50 bits per heavy atom. The number of carbonyl (C=O) groups excluding carboxylic acids is 2. The number of hydrogen-bond donors (Lipinski definition) is 0. The Kier molecular flexibility index (Phi) is 6.03. The van der Waals surface area contributed by atoms with Crippen LogP contribution in [0.4, 0.5) is 0 Å². The molecule has 1 saturated heterocycles. The number of nitrogens with zero attached hydrogens (tertiary/aromatic N) is 2. The van der Waals surface area contributed by atoms with E-state index in [9.17, 15) is 9.59 Å². The normalized spacial score (nSPS) is 14.8. The van der Waals surface area contributed by atoms with Crippen LogP contribution in [0.15, 0.2) is 24.3 Å². The van der Waals surface area contributed by atoms with E-state index in [2.05, 4.69) is 0 Å². The Balaban J connectivity index is 1.75. The maximum Gasteiger partial charge on any atom is 0.260 e. The van der Waals surface area contributed by atoms with E-state index >= 15 is 0 Å². The summed E-state index contributed by atoms with van der Waals surface area (Å²) < 4.78 is 10.3. The molecule has 0 atom stereocenters. The number of methoxy groups -OCH3 is 1. The molecule has 0 unspecified atom stereocenters. The molecule has 6 nitrogen and oxygen atoms in total. The predicted octanol–water partition coefficient (Wildman–Crippen LogP) is 1.04. The fourth-order valence-corrected chi connectivity index (χ4v) is 2.31. The van der Waals surface area contributed by atoms with Crippen molar-refractivity contribution in [3.63, 3.8) is 0 Å². The molecule has 2 amide bonds. The van der Waals surface area contributed by atoms with Gasteiger partial charge >= 0.3 is 0 Å². The number of ether oxygens (including phenoxy) is 2. The molecule has 0 N–H and O–H groups in total. The molecule has 0 aliphatic carbocycles. The van der Waals surface area contributed by atoms with Gasteiger partial charge < -0.3 is 19.3 Å². The molecule has 1 aliphatic rings. The highest BCUT2D eigenvalue weighted by atomic mass is 35.5. The summed E-state index contributed by atoms with van der Waals surface area (Å²) in [5.41, 5.74) is 0. The third kappa shape index (κ3) is 4.61. The van der Waals surface area contributed by atoms with Gasteiger partial charge in [0.15, 0.2) is 6.61 Å². The van der Waals surface area contributed by atoms with E-state index in [1.807, 2.05) is 0 Å². The molecule has 22 heavy (non-hydrogen) atoms. The maximum atomic E-state index is 12.1. The van der Waals surface area contributed by atoms with Crippen LogP contribution in [0.2, 0.25) is 5.02 Å². The van der Waals surface area contributed by atoms with Gasteiger partial charge in [-0.2, -0.15) is 0 Å². The highest BCUT2D eigenvalue weighted by Gasteiger charge is 2.24. The first kappa shape index (κ1) is 16.6. The monoisotopic (exact) mass is 326 g/mol. The molecule has 0 radical (unpaired) electrons. The molecule has 1 aromatic rings. The number of benzene rings is 1. The lowest BCUT2D eigenvalue weighted by Crippen LogP contribution is -2.52. The third-order valence-corrected chi connectivity index (χ3v) is 3.68. The molecule has 0 spiro atoms. The first-order chi connectivity index (χ1) is 10.6. The Morgan fingerprint density at radius 3 is 2.00 bits per heavy atom. The number of halogens is 1. The van der Waals surface area contributed by atoms with Gasteiger partial charge in [-0.1, -0.05) is 11.6 Å². The molecular weight excluding hydrogens is 308 g/mol. The molecule has 1 aromatic carbocycles. The van der Waals surface area contributed by atoms with E-state index < -0.39 is 0 Å². The van der Waals surface area contributed by atoms with Crippen LogP contribution in [0.25, 0.3) is 0 Å². The average molecular weight is 327 g/mol. The first-order valence-electron chi connectivity index (χ1n) is 7.03. The minimum Gasteiger partial charge on any atom is -0.484 e. The van der Waals surface area contributed by atoms with Crippen molar-refractivity contribution < 1.29 is 19.1 Å². The number of hydrogen-bond acceptors (Lipinski definition) is 4. The molecule has 1 heterocycles. The number of amides is 2. The smallest absolute Gasteiger partial charge is 0.260 e. The summed E-state index contributed by atoms with van der Waals surface area (Å²) >= 11 is 5.79. The predicted molar refractivity (Wildman–Crippen MR) is 82.0 cm³/mol. The van der Waals surface area contributed by atoms with Gasteiger partial charge in [0.25, 0.3) is 5.91 Å². The van der Waals surface area contributed by atoms with Crippen LogP contribution in [-0.4, -0.2) is 68.1 Å². The zero-order valence-corrected chi connectivity index (χ0v) is 13.2. The van der Waals surface area contributed by atoms with Crippen LogP contribution in [-0.2, 0) is 14.3 Å². The van der Waals surface area contributed by atoms with Crippen molar-refractivity contribution >= 4 is 23.4 Å². The number of rotatable bonds is 5. The Labute approximate surface area is 134 Å². The largest absolute Gasteiger partial charge is 0.484 e. The molecule has 1 fully saturated rings. The summed E-state index contributed by atoms with van der Waals surface area (Å²) in [6, 6.07) is 6.86. The minimum atomic E-state index is -0.0891. The second kappa shape index (κ2) is 8.00. The molecule has 1 aliphatic heterocycles. The molecule has 2 rings (SSSR count). The number of carbonyl (C=O) groups is 2. The van der Waals surface area contributed by atoms with Crippen LogP contribution in [0.5, 0.6) is 5.75 Å². The SMILES string of the molecule is COCC(=O)N1CCN(C(=O)COc2ccc(Cl)cc2)CC1. The van der Waals surface area contributed by atoms with Gasteiger partial charge in [0.2, 0.25) is 5.91 Å². The second-order valence-electron chi connectivity index (χ2n) is 4.94. The van der Waals surface area contributed by atoms with Gasteiger partial charge in [-0.3, -0.25) is 9.59 Å². The zero-order valence-electron chi connectivity index (χ0n) is 12.5. The van der Waals surface area contributed by atoms with Gasteiger partial charge in [0.1, 0.15) is 12.4 Å². The Bertz CT molecular complexity index is 513. The van der Waals surface area contributed by atoms with Crippen molar-refractivity contribution in [3.05, 3.63) is 29.3 Å². The van der Waals surface area contributed by atoms with Crippen molar-refractivity contribution in [2.45, 2.75) is 0 Å². The fraction of sp³-hybridized carbons (Fsp3) is 0.467. The topological polar surface area (TPSA) is 59.1 Å². The summed E-state index contributed by atoms with van der Waals surface area (Å²) in [4.78, 5) is 27.2. The van der Waals surface area contributed by atoms with Crippen LogP contribution in [0.3, 0.4) is 0 Å². The molecule has 0 bridgehead atoms. The quantitative estimate of drug-likeness (QED) is 0.811. The molecule has 0 aromatic heterocycles. The third-order valence-electron chi connectivity index (χ3n) is 3.43. The first-order valence-corrected chi connectivity index (χ1v) is 7.41. The average Bonchev–Trinajstić information content (AvgIpc) is 2.54. The van der Waals surface area contributed by atoms with Crippen LogP contribution in [0, 0.1) is 0 Å². The van der Waals surface area contributed by atoms with Crippen molar-refractivity contribution in [2.75, 3.05) is 46.5 Å². The summed E-state index contributed by atoms with van der Waals surface area (Å²) in [6.45, 7) is 2.13. The Hall–Kier alpha value is -1.79. The van der Waals surface area contributed by atoms with E-state index in [0.717, 1.165) is 0 Å².